The topological polar surface area (TPSA) is 90.1 Å². The zero-order valence-corrected chi connectivity index (χ0v) is 19.4. The van der Waals surface area contributed by atoms with E-state index in [1.165, 1.54) is 24.3 Å². The Hall–Kier alpha value is -3.40. The number of nitro groups is 1. The number of hydrogen-bond acceptors (Lipinski definition) is 4. The van der Waals surface area contributed by atoms with Gasteiger partial charge in [-0.2, -0.15) is 18.3 Å². The van der Waals surface area contributed by atoms with Gasteiger partial charge in [-0.05, 0) is 55.2 Å². The van der Waals surface area contributed by atoms with Gasteiger partial charge in [0.2, 0.25) is 0 Å². The van der Waals surface area contributed by atoms with Crippen LogP contribution in [-0.2, 0) is 25.4 Å². The molecule has 1 amide bonds. The Kier molecular flexibility index (Phi) is 7.30. The number of nitrogens with one attached hydrogen (secondary N) is 1. The molecule has 180 valence electrons. The van der Waals surface area contributed by atoms with Gasteiger partial charge in [-0.3, -0.25) is 14.9 Å². The molecule has 0 radical (unpaired) electrons. The number of amides is 1. The third-order valence-corrected chi connectivity index (χ3v) is 5.70. The molecule has 11 heteroatoms. The van der Waals surface area contributed by atoms with Crippen LogP contribution < -0.4 is 5.32 Å². The van der Waals surface area contributed by atoms with Gasteiger partial charge in [0.05, 0.1) is 33.6 Å². The maximum Gasteiger partial charge on any atom is 0.434 e. The highest BCUT2D eigenvalue weighted by atomic mass is 35.5. The number of nitrogens with zero attached hydrogens (tertiary/aromatic N) is 3. The highest BCUT2D eigenvalue weighted by Gasteiger charge is 2.41. The fraction of sp³-hybridized carbons (Fsp3) is 0.304. The van der Waals surface area contributed by atoms with Crippen LogP contribution in [0, 0.1) is 10.1 Å². The van der Waals surface area contributed by atoms with Gasteiger partial charge < -0.3 is 5.32 Å². The van der Waals surface area contributed by atoms with Crippen LogP contribution in [0.3, 0.4) is 0 Å². The highest BCUT2D eigenvalue weighted by molar-refractivity contribution is 6.30. The third kappa shape index (κ3) is 4.77. The molecule has 7 nitrogen and oxygen atoms in total. The van der Waals surface area contributed by atoms with Crippen LogP contribution >= 0.6 is 11.6 Å². The molecule has 0 fully saturated rings. The van der Waals surface area contributed by atoms with E-state index in [0.29, 0.717) is 33.7 Å². The third-order valence-electron chi connectivity index (χ3n) is 5.45. The molecule has 0 aliphatic rings. The average molecular weight is 495 g/mol. The van der Waals surface area contributed by atoms with Crippen molar-refractivity contribution in [1.29, 1.82) is 0 Å². The molecular weight excluding hydrogens is 473 g/mol. The number of benzene rings is 2. The van der Waals surface area contributed by atoms with Gasteiger partial charge in [0.1, 0.15) is 0 Å². The second-order valence-electron chi connectivity index (χ2n) is 7.46. The van der Waals surface area contributed by atoms with Crippen molar-refractivity contribution >= 4 is 28.9 Å². The molecule has 0 saturated carbocycles. The lowest BCUT2D eigenvalue weighted by Gasteiger charge is -2.18. The minimum absolute atomic E-state index is 0.0715. The molecule has 0 aliphatic heterocycles. The van der Waals surface area contributed by atoms with Crippen LogP contribution in [0.2, 0.25) is 5.02 Å². The Morgan fingerprint density at radius 1 is 1.12 bits per heavy atom. The molecule has 2 aromatic carbocycles. The van der Waals surface area contributed by atoms with Crippen molar-refractivity contribution in [3.8, 4) is 5.69 Å². The second kappa shape index (κ2) is 9.84. The van der Waals surface area contributed by atoms with Crippen molar-refractivity contribution in [1.82, 2.24) is 9.78 Å². The summed E-state index contributed by atoms with van der Waals surface area (Å²) in [4.78, 5) is 24.3. The number of halogens is 4. The van der Waals surface area contributed by atoms with Crippen LogP contribution in [-0.4, -0.2) is 20.6 Å². The number of alkyl halides is 3. The van der Waals surface area contributed by atoms with Crippen LogP contribution in [0.15, 0.2) is 36.5 Å². The first kappa shape index (κ1) is 25.2. The Morgan fingerprint density at radius 2 is 1.74 bits per heavy atom. The fourth-order valence-corrected chi connectivity index (χ4v) is 4.00. The number of carbonyl (C=O) groups is 1. The van der Waals surface area contributed by atoms with Gasteiger partial charge in [-0.15, -0.1) is 0 Å². The lowest BCUT2D eigenvalue weighted by atomic mass is 9.95. The smallest absolute Gasteiger partial charge is 0.321 e. The molecule has 34 heavy (non-hydrogen) atoms. The molecule has 3 rings (SSSR count). The zero-order chi connectivity index (χ0) is 25.2. The SMILES string of the molecule is CCc1cc(CC)c([N+](=O)[O-])c(CC)c1NC(=O)c1cnn(-c2ccc(Cl)cc2)c1C(F)(F)F. The number of carbonyl (C=O) groups excluding carboxylic acids is 1. The summed E-state index contributed by atoms with van der Waals surface area (Å²) >= 11 is 5.82. The molecule has 0 spiro atoms. The summed E-state index contributed by atoms with van der Waals surface area (Å²) in [7, 11) is 0. The first-order chi connectivity index (χ1) is 16.0. The molecule has 1 N–H and O–H groups in total. The molecule has 0 atom stereocenters. The molecule has 1 aromatic heterocycles. The average Bonchev–Trinajstić information content (AvgIpc) is 3.24. The van der Waals surface area contributed by atoms with Crippen molar-refractivity contribution in [3.05, 3.63) is 79.6 Å². The summed E-state index contributed by atoms with van der Waals surface area (Å²) in [5, 5.41) is 18.4. The monoisotopic (exact) mass is 494 g/mol. The quantitative estimate of drug-likeness (QED) is 0.304. The zero-order valence-electron chi connectivity index (χ0n) is 18.7. The summed E-state index contributed by atoms with van der Waals surface area (Å²) in [6, 6.07) is 7.14. The van der Waals surface area contributed by atoms with Crippen LogP contribution in [0.5, 0.6) is 0 Å². The van der Waals surface area contributed by atoms with Crippen LogP contribution in [0.25, 0.3) is 5.69 Å². The first-order valence-corrected chi connectivity index (χ1v) is 11.0. The number of nitro benzene ring substituents is 1. The van der Waals surface area contributed by atoms with E-state index in [-0.39, 0.29) is 29.0 Å². The fourth-order valence-electron chi connectivity index (χ4n) is 3.88. The largest absolute Gasteiger partial charge is 0.434 e. The molecule has 3 aromatic rings. The predicted octanol–water partition coefficient (Wildman–Crippen LogP) is 6.39. The van der Waals surface area contributed by atoms with Crippen LogP contribution in [0.4, 0.5) is 24.5 Å². The summed E-state index contributed by atoms with van der Waals surface area (Å²) in [6.45, 7) is 5.27. The normalized spacial score (nSPS) is 11.5. The maximum atomic E-state index is 14.0. The van der Waals surface area contributed by atoms with Gasteiger partial charge in [0.25, 0.3) is 11.6 Å². The van der Waals surface area contributed by atoms with E-state index in [2.05, 4.69) is 10.4 Å². The summed E-state index contributed by atoms with van der Waals surface area (Å²) in [6.07, 6.45) is -3.04. The van der Waals surface area contributed by atoms with Gasteiger partial charge in [0, 0.05) is 10.6 Å². The Bertz CT molecular complexity index is 1240. The molecule has 0 bridgehead atoms. The molecular formula is C23H22ClF3N4O3. The van der Waals surface area contributed by atoms with E-state index in [1.807, 2.05) is 0 Å². The number of rotatable bonds is 7. The second-order valence-corrected chi connectivity index (χ2v) is 7.90. The van der Waals surface area contributed by atoms with Crippen molar-refractivity contribution in [2.75, 3.05) is 5.32 Å². The molecule has 0 aliphatic carbocycles. The lowest BCUT2D eigenvalue weighted by Crippen LogP contribution is -2.22. The van der Waals surface area contributed by atoms with E-state index < -0.39 is 28.3 Å². The van der Waals surface area contributed by atoms with Gasteiger partial charge in [0.15, 0.2) is 5.69 Å². The number of anilines is 1. The summed E-state index contributed by atoms with van der Waals surface area (Å²) in [5.74, 6) is -1.06. The standard InChI is InChI=1S/C23H22ClF3N4O3/c1-4-13-11-14(5-2)20(31(33)34)17(6-3)19(13)29-22(32)18-12-28-30(21(18)23(25,26)27)16-9-7-15(24)8-10-16/h7-12H,4-6H2,1-3H3,(H,29,32). The van der Waals surface area contributed by atoms with E-state index in [9.17, 15) is 28.1 Å². The molecule has 0 saturated heterocycles. The van der Waals surface area contributed by atoms with Gasteiger partial charge >= 0.3 is 6.18 Å². The number of aryl methyl sites for hydroxylation is 2. The number of hydrogen-bond donors (Lipinski definition) is 1. The summed E-state index contributed by atoms with van der Waals surface area (Å²) in [5.41, 5.74) is -0.488. The summed E-state index contributed by atoms with van der Waals surface area (Å²) < 4.78 is 42.6. The predicted molar refractivity (Wildman–Crippen MR) is 123 cm³/mol. The van der Waals surface area contributed by atoms with Crippen molar-refractivity contribution in [2.24, 2.45) is 0 Å². The Balaban J connectivity index is 2.15. The highest BCUT2D eigenvalue weighted by Crippen LogP contribution is 2.37. The minimum atomic E-state index is -4.90. The lowest BCUT2D eigenvalue weighted by molar-refractivity contribution is -0.386. The maximum absolute atomic E-state index is 14.0. The number of aromatic nitrogens is 2. The van der Waals surface area contributed by atoms with Crippen LogP contribution in [0.1, 0.15) is 53.5 Å². The molecule has 1 heterocycles. The van der Waals surface area contributed by atoms with E-state index in [1.54, 1.807) is 26.8 Å². The van der Waals surface area contributed by atoms with E-state index >= 15 is 0 Å². The van der Waals surface area contributed by atoms with E-state index in [0.717, 1.165) is 6.20 Å². The van der Waals surface area contributed by atoms with Crippen molar-refractivity contribution in [2.45, 2.75) is 46.2 Å². The van der Waals surface area contributed by atoms with Crippen molar-refractivity contribution < 1.29 is 22.9 Å². The van der Waals surface area contributed by atoms with Crippen molar-refractivity contribution in [3.63, 3.8) is 0 Å². The van der Waals surface area contributed by atoms with E-state index in [4.69, 9.17) is 11.6 Å². The minimum Gasteiger partial charge on any atom is -0.321 e. The van der Waals surface area contributed by atoms with Gasteiger partial charge in [-0.1, -0.05) is 32.4 Å². The first-order valence-electron chi connectivity index (χ1n) is 10.6. The Morgan fingerprint density at radius 3 is 2.24 bits per heavy atom. The van der Waals surface area contributed by atoms with Gasteiger partial charge in [-0.25, -0.2) is 4.68 Å². The molecule has 0 unspecified atom stereocenters. The Labute approximate surface area is 198 Å².